The molecule has 2 aromatic carbocycles. The first-order valence-corrected chi connectivity index (χ1v) is 9.19. The van der Waals surface area contributed by atoms with Crippen LogP contribution in [0.4, 0.5) is 17.5 Å². The Labute approximate surface area is 165 Å². The Hall–Kier alpha value is -3.41. The van der Waals surface area contributed by atoms with E-state index in [9.17, 15) is 4.79 Å². The van der Waals surface area contributed by atoms with Crippen molar-refractivity contribution in [3.05, 3.63) is 77.5 Å². The Balaban J connectivity index is 1.56. The zero-order valence-electron chi connectivity index (χ0n) is 16.4. The van der Waals surface area contributed by atoms with Crippen LogP contribution in [0, 0.1) is 6.92 Å². The molecule has 0 spiro atoms. The minimum atomic E-state index is 0.0118. The van der Waals surface area contributed by atoms with Crippen LogP contribution >= 0.6 is 0 Å². The van der Waals surface area contributed by atoms with Crippen LogP contribution in [0.3, 0.4) is 0 Å². The fraction of sp³-hybridized carbons (Fsp3) is 0.227. The van der Waals surface area contributed by atoms with Gasteiger partial charge in [-0.3, -0.25) is 4.79 Å². The van der Waals surface area contributed by atoms with Crippen molar-refractivity contribution in [2.75, 3.05) is 24.3 Å². The van der Waals surface area contributed by atoms with Crippen molar-refractivity contribution in [2.45, 2.75) is 19.9 Å². The van der Waals surface area contributed by atoms with Gasteiger partial charge < -0.3 is 15.5 Å². The smallest absolute Gasteiger partial charge is 0.229 e. The number of benzene rings is 2. The largest absolute Gasteiger partial charge is 0.363 e. The topological polar surface area (TPSA) is 70.2 Å². The van der Waals surface area contributed by atoms with E-state index in [1.807, 2.05) is 86.6 Å². The predicted octanol–water partition coefficient (Wildman–Crippen LogP) is 3.45. The molecule has 0 aliphatic heterocycles. The fourth-order valence-corrected chi connectivity index (χ4v) is 2.72. The van der Waals surface area contributed by atoms with E-state index in [-0.39, 0.29) is 5.91 Å². The van der Waals surface area contributed by atoms with Crippen molar-refractivity contribution >= 4 is 23.4 Å². The van der Waals surface area contributed by atoms with E-state index >= 15 is 0 Å². The predicted molar refractivity (Wildman–Crippen MR) is 113 cm³/mol. The van der Waals surface area contributed by atoms with Crippen LogP contribution < -0.4 is 15.5 Å². The summed E-state index contributed by atoms with van der Waals surface area (Å²) in [5.74, 6) is 1.43. The quantitative estimate of drug-likeness (QED) is 0.662. The molecule has 0 bridgehead atoms. The molecule has 3 aromatic rings. The molecule has 0 saturated carbocycles. The van der Waals surface area contributed by atoms with Crippen molar-refractivity contribution < 1.29 is 4.79 Å². The summed E-state index contributed by atoms with van der Waals surface area (Å²) in [5, 5.41) is 6.18. The first kappa shape index (κ1) is 19.4. The lowest BCUT2D eigenvalue weighted by Gasteiger charge is -2.14. The van der Waals surface area contributed by atoms with Crippen molar-refractivity contribution in [1.29, 1.82) is 0 Å². The SMILES string of the molecule is Cc1cc(N(C)C)nc(Nc2ccc(CNC(=O)Cc3ccccc3)cc2)n1. The summed E-state index contributed by atoms with van der Waals surface area (Å²) in [6.07, 6.45) is 0.388. The molecule has 144 valence electrons. The Morgan fingerprint density at radius 3 is 2.36 bits per heavy atom. The lowest BCUT2D eigenvalue weighted by Crippen LogP contribution is -2.24. The second-order valence-electron chi connectivity index (χ2n) is 6.85. The van der Waals surface area contributed by atoms with Crippen LogP contribution in [0.15, 0.2) is 60.7 Å². The monoisotopic (exact) mass is 375 g/mol. The van der Waals surface area contributed by atoms with Crippen LogP contribution in [-0.4, -0.2) is 30.0 Å². The Kier molecular flexibility index (Phi) is 6.22. The van der Waals surface area contributed by atoms with E-state index in [0.29, 0.717) is 18.9 Å². The standard InChI is InChI=1S/C22H25N5O/c1-16-13-20(27(2)3)26-22(24-16)25-19-11-9-18(10-12-19)15-23-21(28)14-17-7-5-4-6-8-17/h4-13H,14-15H2,1-3H3,(H,23,28)(H,24,25,26). The second kappa shape index (κ2) is 8.99. The number of hydrogen-bond donors (Lipinski definition) is 2. The molecule has 1 aromatic heterocycles. The van der Waals surface area contributed by atoms with Gasteiger partial charge in [-0.05, 0) is 30.2 Å². The molecule has 1 heterocycles. The highest BCUT2D eigenvalue weighted by Gasteiger charge is 2.06. The van der Waals surface area contributed by atoms with E-state index in [0.717, 1.165) is 28.3 Å². The Morgan fingerprint density at radius 1 is 0.964 bits per heavy atom. The molecule has 2 N–H and O–H groups in total. The van der Waals surface area contributed by atoms with Crippen molar-refractivity contribution in [2.24, 2.45) is 0 Å². The summed E-state index contributed by atoms with van der Waals surface area (Å²) >= 11 is 0. The number of rotatable bonds is 7. The summed E-state index contributed by atoms with van der Waals surface area (Å²) in [7, 11) is 3.90. The van der Waals surface area contributed by atoms with Gasteiger partial charge in [0.25, 0.3) is 0 Å². The first-order valence-electron chi connectivity index (χ1n) is 9.19. The van der Waals surface area contributed by atoms with Crippen LogP contribution in [0.2, 0.25) is 0 Å². The van der Waals surface area contributed by atoms with Crippen molar-refractivity contribution in [1.82, 2.24) is 15.3 Å². The third-order valence-corrected chi connectivity index (χ3v) is 4.21. The van der Waals surface area contributed by atoms with Crippen LogP contribution in [0.25, 0.3) is 0 Å². The van der Waals surface area contributed by atoms with Crippen molar-refractivity contribution in [3.8, 4) is 0 Å². The lowest BCUT2D eigenvalue weighted by atomic mass is 10.1. The normalized spacial score (nSPS) is 10.4. The molecule has 0 radical (unpaired) electrons. The summed E-state index contributed by atoms with van der Waals surface area (Å²) < 4.78 is 0. The van der Waals surface area contributed by atoms with Gasteiger partial charge in [0.2, 0.25) is 11.9 Å². The van der Waals surface area contributed by atoms with Gasteiger partial charge in [-0.2, -0.15) is 4.98 Å². The zero-order valence-corrected chi connectivity index (χ0v) is 16.4. The van der Waals surface area contributed by atoms with Crippen LogP contribution in [0.1, 0.15) is 16.8 Å². The first-order chi connectivity index (χ1) is 13.5. The van der Waals surface area contributed by atoms with Gasteiger partial charge >= 0.3 is 0 Å². The number of aryl methyl sites for hydroxylation is 1. The molecule has 0 saturated heterocycles. The molecule has 6 nitrogen and oxygen atoms in total. The second-order valence-corrected chi connectivity index (χ2v) is 6.85. The minimum absolute atomic E-state index is 0.0118. The van der Waals surface area contributed by atoms with Gasteiger partial charge in [0.15, 0.2) is 0 Å². The molecule has 6 heteroatoms. The minimum Gasteiger partial charge on any atom is -0.363 e. The average molecular weight is 375 g/mol. The van der Waals surface area contributed by atoms with E-state index in [1.54, 1.807) is 0 Å². The Morgan fingerprint density at radius 2 is 1.68 bits per heavy atom. The maximum atomic E-state index is 12.1. The van der Waals surface area contributed by atoms with Crippen LogP contribution in [-0.2, 0) is 17.8 Å². The maximum Gasteiger partial charge on any atom is 0.229 e. The van der Waals surface area contributed by atoms with E-state index < -0.39 is 0 Å². The highest BCUT2D eigenvalue weighted by molar-refractivity contribution is 5.78. The number of amides is 1. The molecule has 0 atom stereocenters. The third-order valence-electron chi connectivity index (χ3n) is 4.21. The summed E-state index contributed by atoms with van der Waals surface area (Å²) in [5.41, 5.74) is 3.84. The van der Waals surface area contributed by atoms with Gasteiger partial charge in [0.05, 0.1) is 6.42 Å². The molecular formula is C22H25N5O. The molecule has 0 aliphatic carbocycles. The number of anilines is 3. The molecule has 28 heavy (non-hydrogen) atoms. The number of aromatic nitrogens is 2. The third kappa shape index (κ3) is 5.54. The summed E-state index contributed by atoms with van der Waals surface area (Å²) in [4.78, 5) is 22.9. The molecule has 0 aliphatic rings. The van der Waals surface area contributed by atoms with E-state index in [1.165, 1.54) is 0 Å². The number of nitrogens with zero attached hydrogens (tertiary/aromatic N) is 3. The van der Waals surface area contributed by atoms with Crippen molar-refractivity contribution in [3.63, 3.8) is 0 Å². The lowest BCUT2D eigenvalue weighted by molar-refractivity contribution is -0.120. The molecule has 1 amide bonds. The Bertz CT molecular complexity index is 923. The number of carbonyl (C=O) groups is 1. The van der Waals surface area contributed by atoms with E-state index in [2.05, 4.69) is 20.6 Å². The fourth-order valence-electron chi connectivity index (χ4n) is 2.72. The highest BCUT2D eigenvalue weighted by Crippen LogP contribution is 2.17. The average Bonchev–Trinajstić information content (AvgIpc) is 2.68. The van der Waals surface area contributed by atoms with Gasteiger partial charge in [0.1, 0.15) is 5.82 Å². The van der Waals surface area contributed by atoms with E-state index in [4.69, 9.17) is 0 Å². The van der Waals surface area contributed by atoms with Gasteiger partial charge in [-0.25, -0.2) is 4.98 Å². The summed E-state index contributed by atoms with van der Waals surface area (Å²) in [6.45, 7) is 2.44. The molecule has 0 fully saturated rings. The van der Waals surface area contributed by atoms with Gasteiger partial charge in [-0.1, -0.05) is 42.5 Å². The summed E-state index contributed by atoms with van der Waals surface area (Å²) in [6, 6.07) is 19.5. The zero-order chi connectivity index (χ0) is 19.9. The number of nitrogens with one attached hydrogen (secondary N) is 2. The number of hydrogen-bond acceptors (Lipinski definition) is 5. The molecular weight excluding hydrogens is 350 g/mol. The highest BCUT2D eigenvalue weighted by atomic mass is 16.1. The number of carbonyl (C=O) groups excluding carboxylic acids is 1. The van der Waals surface area contributed by atoms with Crippen LogP contribution in [0.5, 0.6) is 0 Å². The molecule has 3 rings (SSSR count). The maximum absolute atomic E-state index is 12.1. The molecule has 0 unspecified atom stereocenters. The van der Waals surface area contributed by atoms with Gasteiger partial charge in [-0.15, -0.1) is 0 Å². The van der Waals surface area contributed by atoms with Gasteiger partial charge in [0, 0.05) is 38.1 Å².